The minimum absolute atomic E-state index is 0.109. The molecule has 2 aromatic heterocycles. The minimum atomic E-state index is -3.80. The molecule has 1 amide bonds. The molecule has 0 aliphatic heterocycles. The van der Waals surface area contributed by atoms with Gasteiger partial charge in [0.25, 0.3) is 15.9 Å². The molecule has 0 bridgehead atoms. The van der Waals surface area contributed by atoms with Crippen LogP contribution in [0.4, 0.5) is 5.69 Å². The molecule has 0 aliphatic rings. The number of nitrogens with zero attached hydrogens (tertiary/aromatic N) is 3. The van der Waals surface area contributed by atoms with Gasteiger partial charge in [0, 0.05) is 24.0 Å². The van der Waals surface area contributed by atoms with E-state index in [1.54, 1.807) is 54.2 Å². The summed E-state index contributed by atoms with van der Waals surface area (Å²) in [6.07, 6.45) is 3.19. The van der Waals surface area contributed by atoms with E-state index >= 15 is 0 Å². The molecular weight excluding hydrogens is 470 g/mol. The van der Waals surface area contributed by atoms with Crippen molar-refractivity contribution in [2.75, 3.05) is 11.8 Å². The Balaban J connectivity index is 1.47. The molecule has 35 heavy (non-hydrogen) atoms. The number of hydrogen-bond donors (Lipinski definition) is 2. The van der Waals surface area contributed by atoms with E-state index in [0.29, 0.717) is 46.5 Å². The first-order chi connectivity index (χ1) is 16.8. The van der Waals surface area contributed by atoms with Crippen molar-refractivity contribution in [1.82, 2.24) is 20.1 Å². The van der Waals surface area contributed by atoms with Gasteiger partial charge in [-0.3, -0.25) is 14.2 Å². The third-order valence-electron chi connectivity index (χ3n) is 5.26. The summed E-state index contributed by atoms with van der Waals surface area (Å²) in [6.45, 7) is 4.54. The number of ether oxygens (including phenoxy) is 1. The fourth-order valence-corrected chi connectivity index (χ4v) is 4.37. The lowest BCUT2D eigenvalue weighted by atomic mass is 10.2. The largest absolute Gasteiger partial charge is 0.497 e. The molecule has 0 aliphatic carbocycles. The van der Waals surface area contributed by atoms with Gasteiger partial charge in [0.2, 0.25) is 5.89 Å². The molecule has 182 valence electrons. The molecule has 2 heterocycles. The number of carbonyl (C=O) groups excluding carboxylic acids is 1. The third-order valence-corrected chi connectivity index (χ3v) is 6.66. The maximum absolute atomic E-state index is 12.8. The van der Waals surface area contributed by atoms with Gasteiger partial charge >= 0.3 is 0 Å². The number of benzene rings is 2. The number of oxazole rings is 1. The van der Waals surface area contributed by atoms with E-state index in [-0.39, 0.29) is 17.3 Å². The van der Waals surface area contributed by atoms with E-state index in [1.165, 1.54) is 25.4 Å². The summed E-state index contributed by atoms with van der Waals surface area (Å²) in [5.41, 5.74) is 1.98. The minimum Gasteiger partial charge on any atom is -0.497 e. The van der Waals surface area contributed by atoms with Crippen molar-refractivity contribution in [3.8, 4) is 17.2 Å². The SMILES string of the molecule is CCn1cc(C(=O)NCc2nc(-c3cccc(NS(=O)(=O)c4ccc(OC)cc4)c3)oc2C)cn1. The fourth-order valence-electron chi connectivity index (χ4n) is 3.32. The van der Waals surface area contributed by atoms with Crippen molar-refractivity contribution < 1.29 is 22.4 Å². The van der Waals surface area contributed by atoms with Crippen molar-refractivity contribution in [2.45, 2.75) is 31.8 Å². The van der Waals surface area contributed by atoms with Crippen LogP contribution < -0.4 is 14.8 Å². The van der Waals surface area contributed by atoms with Crippen molar-refractivity contribution in [2.24, 2.45) is 0 Å². The van der Waals surface area contributed by atoms with Crippen LogP contribution in [0.3, 0.4) is 0 Å². The monoisotopic (exact) mass is 495 g/mol. The van der Waals surface area contributed by atoms with Gasteiger partial charge in [-0.25, -0.2) is 13.4 Å². The lowest BCUT2D eigenvalue weighted by molar-refractivity contribution is 0.0950. The van der Waals surface area contributed by atoms with E-state index in [2.05, 4.69) is 20.1 Å². The summed E-state index contributed by atoms with van der Waals surface area (Å²) in [7, 11) is -2.28. The van der Waals surface area contributed by atoms with Gasteiger partial charge in [-0.1, -0.05) is 6.07 Å². The standard InChI is InChI=1S/C24H25N5O5S/c1-4-29-15-18(13-26-29)23(30)25-14-22-16(2)34-24(27-22)17-6-5-7-19(12-17)28-35(31,32)21-10-8-20(33-3)9-11-21/h5-13,15,28H,4,14H2,1-3H3,(H,25,30). The van der Waals surface area contributed by atoms with Crippen LogP contribution in [0.25, 0.3) is 11.5 Å². The zero-order valence-electron chi connectivity index (χ0n) is 19.5. The van der Waals surface area contributed by atoms with Gasteiger partial charge in [-0.2, -0.15) is 5.10 Å². The first-order valence-electron chi connectivity index (χ1n) is 10.8. The second-order valence-electron chi connectivity index (χ2n) is 7.65. The number of aromatic nitrogens is 3. The second kappa shape index (κ2) is 10.0. The number of aryl methyl sites for hydroxylation is 2. The Labute approximate surface area is 203 Å². The highest BCUT2D eigenvalue weighted by Crippen LogP contribution is 2.26. The zero-order valence-corrected chi connectivity index (χ0v) is 20.3. The molecule has 0 radical (unpaired) electrons. The van der Waals surface area contributed by atoms with Crippen LogP contribution in [0.2, 0.25) is 0 Å². The summed E-state index contributed by atoms with van der Waals surface area (Å²) in [5.74, 6) is 1.17. The van der Waals surface area contributed by atoms with Crippen LogP contribution in [-0.4, -0.2) is 36.2 Å². The van der Waals surface area contributed by atoms with Crippen LogP contribution in [0.15, 0.2) is 70.2 Å². The average molecular weight is 496 g/mol. The van der Waals surface area contributed by atoms with Gasteiger partial charge in [0.05, 0.1) is 30.3 Å². The number of rotatable bonds is 9. The summed E-state index contributed by atoms with van der Waals surface area (Å²) >= 11 is 0. The predicted molar refractivity (Wildman–Crippen MR) is 130 cm³/mol. The Bertz CT molecular complexity index is 1440. The summed E-state index contributed by atoms with van der Waals surface area (Å²) < 4.78 is 40.6. The zero-order chi connectivity index (χ0) is 25.0. The van der Waals surface area contributed by atoms with Crippen LogP contribution >= 0.6 is 0 Å². The number of carbonyl (C=O) groups is 1. The van der Waals surface area contributed by atoms with Gasteiger partial charge < -0.3 is 14.5 Å². The molecule has 4 aromatic rings. The van der Waals surface area contributed by atoms with Crippen molar-refractivity contribution in [1.29, 1.82) is 0 Å². The van der Waals surface area contributed by atoms with E-state index in [9.17, 15) is 13.2 Å². The summed E-state index contributed by atoms with van der Waals surface area (Å²) in [5, 5.41) is 6.91. The first-order valence-corrected chi connectivity index (χ1v) is 12.3. The van der Waals surface area contributed by atoms with Gasteiger partial charge in [0.15, 0.2) is 0 Å². The lowest BCUT2D eigenvalue weighted by Gasteiger charge is -2.09. The third kappa shape index (κ3) is 5.52. The molecular formula is C24H25N5O5S. The highest BCUT2D eigenvalue weighted by atomic mass is 32.2. The van der Waals surface area contributed by atoms with Crippen LogP contribution in [-0.2, 0) is 23.1 Å². The fraction of sp³-hybridized carbons (Fsp3) is 0.208. The van der Waals surface area contributed by atoms with Crippen LogP contribution in [0, 0.1) is 6.92 Å². The molecule has 4 rings (SSSR count). The maximum atomic E-state index is 12.8. The number of sulfonamides is 1. The van der Waals surface area contributed by atoms with E-state index in [4.69, 9.17) is 9.15 Å². The molecule has 11 heteroatoms. The van der Waals surface area contributed by atoms with Crippen LogP contribution in [0.1, 0.15) is 28.7 Å². The number of nitrogens with one attached hydrogen (secondary N) is 2. The van der Waals surface area contributed by atoms with Gasteiger partial charge in [-0.05, 0) is 56.3 Å². The summed E-state index contributed by atoms with van der Waals surface area (Å²) in [4.78, 5) is 17.0. The Morgan fingerprint density at radius 3 is 2.63 bits per heavy atom. The number of hydrogen-bond acceptors (Lipinski definition) is 7. The molecule has 0 fully saturated rings. The lowest BCUT2D eigenvalue weighted by Crippen LogP contribution is -2.23. The molecule has 2 aromatic carbocycles. The predicted octanol–water partition coefficient (Wildman–Crippen LogP) is 3.61. The van der Waals surface area contributed by atoms with E-state index in [1.807, 2.05) is 6.92 Å². The first kappa shape index (κ1) is 24.0. The highest BCUT2D eigenvalue weighted by molar-refractivity contribution is 7.92. The molecule has 0 atom stereocenters. The molecule has 2 N–H and O–H groups in total. The molecule has 0 saturated heterocycles. The number of methoxy groups -OCH3 is 1. The Morgan fingerprint density at radius 1 is 1.17 bits per heavy atom. The molecule has 0 unspecified atom stereocenters. The topological polar surface area (TPSA) is 128 Å². The number of anilines is 1. The van der Waals surface area contributed by atoms with Gasteiger partial charge in [-0.15, -0.1) is 0 Å². The number of amides is 1. The second-order valence-corrected chi connectivity index (χ2v) is 9.33. The van der Waals surface area contributed by atoms with Crippen molar-refractivity contribution in [3.05, 3.63) is 77.9 Å². The quantitative estimate of drug-likeness (QED) is 0.363. The van der Waals surface area contributed by atoms with Gasteiger partial charge in [0.1, 0.15) is 17.2 Å². The summed E-state index contributed by atoms with van der Waals surface area (Å²) in [6, 6.07) is 12.8. The average Bonchev–Trinajstić information content (AvgIpc) is 3.49. The van der Waals surface area contributed by atoms with E-state index in [0.717, 1.165) is 0 Å². The Kier molecular flexibility index (Phi) is 6.87. The highest BCUT2D eigenvalue weighted by Gasteiger charge is 2.17. The maximum Gasteiger partial charge on any atom is 0.261 e. The Morgan fingerprint density at radius 2 is 1.94 bits per heavy atom. The molecule has 10 nitrogen and oxygen atoms in total. The molecule has 0 spiro atoms. The normalized spacial score (nSPS) is 11.3. The van der Waals surface area contributed by atoms with Crippen LogP contribution in [0.5, 0.6) is 5.75 Å². The van der Waals surface area contributed by atoms with E-state index < -0.39 is 10.0 Å². The van der Waals surface area contributed by atoms with Crippen molar-refractivity contribution >= 4 is 21.6 Å². The smallest absolute Gasteiger partial charge is 0.261 e. The molecule has 0 saturated carbocycles. The Hall–Kier alpha value is -4.12. The van der Waals surface area contributed by atoms with Crippen molar-refractivity contribution in [3.63, 3.8) is 0 Å².